The molecule has 0 unspecified atom stereocenters. The molecule has 2 nitrogen and oxygen atoms in total. The molecular formula is C18H25NO. The normalized spacial score (nSPS) is 11.1. The first-order chi connectivity index (χ1) is 9.49. The maximum Gasteiger partial charge on any atom is 0.125 e. The molecule has 108 valence electrons. The van der Waals surface area contributed by atoms with Crippen molar-refractivity contribution in [3.8, 4) is 11.1 Å². The molecule has 0 aliphatic heterocycles. The first-order valence-electron chi connectivity index (χ1n) is 7.33. The van der Waals surface area contributed by atoms with Gasteiger partial charge in [0.05, 0.1) is 12.8 Å². The maximum absolute atomic E-state index is 5.68. The number of rotatable bonds is 4. The van der Waals surface area contributed by atoms with Crippen LogP contribution in [-0.4, -0.2) is 6.54 Å². The zero-order valence-corrected chi connectivity index (χ0v) is 13.5. The Morgan fingerprint density at radius 1 is 0.900 bits per heavy atom. The molecule has 0 aliphatic rings. The van der Waals surface area contributed by atoms with E-state index in [2.05, 4.69) is 52.9 Å². The monoisotopic (exact) mass is 271 g/mol. The van der Waals surface area contributed by atoms with Crippen LogP contribution in [0.15, 0.2) is 16.7 Å². The van der Waals surface area contributed by atoms with Crippen LogP contribution < -0.4 is 5.32 Å². The highest BCUT2D eigenvalue weighted by Crippen LogP contribution is 2.36. The maximum atomic E-state index is 5.68. The predicted octanol–water partition coefficient (Wildman–Crippen LogP) is 4.60. The van der Waals surface area contributed by atoms with E-state index in [0.717, 1.165) is 18.8 Å². The zero-order valence-electron chi connectivity index (χ0n) is 13.5. The van der Waals surface area contributed by atoms with Crippen LogP contribution in [0.1, 0.15) is 40.5 Å². The Morgan fingerprint density at radius 3 is 2.00 bits per heavy atom. The van der Waals surface area contributed by atoms with Gasteiger partial charge in [0, 0.05) is 5.56 Å². The van der Waals surface area contributed by atoms with E-state index in [1.54, 1.807) is 6.26 Å². The molecule has 1 aromatic heterocycles. The number of hydrogen-bond donors (Lipinski definition) is 1. The van der Waals surface area contributed by atoms with Crippen LogP contribution in [0.2, 0.25) is 0 Å². The highest BCUT2D eigenvalue weighted by Gasteiger charge is 2.17. The molecule has 0 amide bonds. The Hall–Kier alpha value is -1.54. The molecule has 1 aromatic carbocycles. The molecule has 0 spiro atoms. The van der Waals surface area contributed by atoms with E-state index < -0.39 is 0 Å². The van der Waals surface area contributed by atoms with Gasteiger partial charge in [-0.15, -0.1) is 0 Å². The Morgan fingerprint density at radius 2 is 1.45 bits per heavy atom. The first-order valence-corrected chi connectivity index (χ1v) is 7.33. The molecule has 0 atom stereocenters. The lowest BCUT2D eigenvalue weighted by molar-refractivity contribution is 0.489. The Labute approximate surface area is 122 Å². The molecular weight excluding hydrogens is 246 g/mol. The molecule has 0 fully saturated rings. The van der Waals surface area contributed by atoms with E-state index in [1.165, 1.54) is 38.9 Å². The molecule has 2 heteroatoms. The van der Waals surface area contributed by atoms with Crippen molar-refractivity contribution in [3.63, 3.8) is 0 Å². The van der Waals surface area contributed by atoms with Crippen LogP contribution in [0.3, 0.4) is 0 Å². The van der Waals surface area contributed by atoms with Crippen molar-refractivity contribution in [3.05, 3.63) is 45.9 Å². The minimum Gasteiger partial charge on any atom is -0.467 e. The highest BCUT2D eigenvalue weighted by molar-refractivity contribution is 5.75. The van der Waals surface area contributed by atoms with Crippen molar-refractivity contribution in [2.75, 3.05) is 6.54 Å². The van der Waals surface area contributed by atoms with E-state index in [0.29, 0.717) is 0 Å². The molecule has 0 bridgehead atoms. The second kappa shape index (κ2) is 5.84. The summed E-state index contributed by atoms with van der Waals surface area (Å²) < 4.78 is 5.68. The molecule has 2 aromatic rings. The van der Waals surface area contributed by atoms with Gasteiger partial charge in [-0.05, 0) is 80.6 Å². The summed E-state index contributed by atoms with van der Waals surface area (Å²) in [7, 11) is 0. The Bertz CT molecular complexity index is 594. The van der Waals surface area contributed by atoms with Crippen molar-refractivity contribution >= 4 is 0 Å². The van der Waals surface area contributed by atoms with Gasteiger partial charge in [0.1, 0.15) is 5.76 Å². The van der Waals surface area contributed by atoms with E-state index in [1.807, 2.05) is 0 Å². The van der Waals surface area contributed by atoms with Gasteiger partial charge in [0.2, 0.25) is 0 Å². The lowest BCUT2D eigenvalue weighted by atomic mass is 9.86. The van der Waals surface area contributed by atoms with Crippen LogP contribution >= 0.6 is 0 Å². The summed E-state index contributed by atoms with van der Waals surface area (Å²) in [6, 6.07) is 2.09. The van der Waals surface area contributed by atoms with E-state index in [-0.39, 0.29) is 0 Å². The van der Waals surface area contributed by atoms with Gasteiger partial charge in [-0.3, -0.25) is 0 Å². The highest BCUT2D eigenvalue weighted by atomic mass is 16.3. The standard InChI is InChI=1S/C18H25NO/c1-7-19-10-17-16(8-9-20-17)18-14(5)12(3)11(2)13(4)15(18)6/h8-9,19H,7,10H2,1-6H3. The summed E-state index contributed by atoms with van der Waals surface area (Å²) in [6.07, 6.45) is 1.80. The average molecular weight is 271 g/mol. The van der Waals surface area contributed by atoms with Gasteiger partial charge < -0.3 is 9.73 Å². The smallest absolute Gasteiger partial charge is 0.125 e. The Kier molecular flexibility index (Phi) is 4.34. The molecule has 0 aliphatic carbocycles. The third-order valence-corrected chi connectivity index (χ3v) is 4.55. The predicted molar refractivity (Wildman–Crippen MR) is 85.2 cm³/mol. The zero-order chi connectivity index (χ0) is 14.9. The molecule has 0 saturated carbocycles. The quantitative estimate of drug-likeness (QED) is 0.879. The summed E-state index contributed by atoms with van der Waals surface area (Å²) in [4.78, 5) is 0. The average Bonchev–Trinajstić information content (AvgIpc) is 2.89. The minimum atomic E-state index is 0.781. The van der Waals surface area contributed by atoms with E-state index in [4.69, 9.17) is 4.42 Å². The van der Waals surface area contributed by atoms with E-state index in [9.17, 15) is 0 Å². The first kappa shape index (κ1) is 14.9. The molecule has 0 saturated heterocycles. The fourth-order valence-electron chi connectivity index (χ4n) is 2.84. The third-order valence-electron chi connectivity index (χ3n) is 4.55. The minimum absolute atomic E-state index is 0.781. The van der Waals surface area contributed by atoms with Crippen LogP contribution in [0.4, 0.5) is 0 Å². The molecule has 0 radical (unpaired) electrons. The summed E-state index contributed by atoms with van der Waals surface area (Å²) in [5, 5.41) is 3.35. The molecule has 20 heavy (non-hydrogen) atoms. The summed E-state index contributed by atoms with van der Waals surface area (Å²) in [5.41, 5.74) is 9.48. The molecule has 2 rings (SSSR count). The van der Waals surface area contributed by atoms with E-state index >= 15 is 0 Å². The summed E-state index contributed by atoms with van der Waals surface area (Å²) >= 11 is 0. The van der Waals surface area contributed by atoms with Crippen LogP contribution in [0.5, 0.6) is 0 Å². The number of benzene rings is 1. The third kappa shape index (κ3) is 2.40. The second-order valence-electron chi connectivity index (χ2n) is 5.54. The number of furan rings is 1. The van der Waals surface area contributed by atoms with Crippen LogP contribution in [0.25, 0.3) is 11.1 Å². The lowest BCUT2D eigenvalue weighted by Gasteiger charge is -2.18. The summed E-state index contributed by atoms with van der Waals surface area (Å²) in [5.74, 6) is 1.03. The van der Waals surface area contributed by atoms with Crippen molar-refractivity contribution in [2.45, 2.75) is 48.1 Å². The lowest BCUT2D eigenvalue weighted by Crippen LogP contribution is -2.12. The van der Waals surface area contributed by atoms with Crippen molar-refractivity contribution in [2.24, 2.45) is 0 Å². The number of hydrogen-bond acceptors (Lipinski definition) is 2. The van der Waals surface area contributed by atoms with Crippen molar-refractivity contribution in [1.29, 1.82) is 0 Å². The van der Waals surface area contributed by atoms with Gasteiger partial charge in [0.15, 0.2) is 0 Å². The second-order valence-corrected chi connectivity index (χ2v) is 5.54. The van der Waals surface area contributed by atoms with Crippen molar-refractivity contribution < 1.29 is 4.42 Å². The molecule has 1 N–H and O–H groups in total. The topological polar surface area (TPSA) is 25.2 Å². The van der Waals surface area contributed by atoms with Gasteiger partial charge >= 0.3 is 0 Å². The molecule has 1 heterocycles. The fraction of sp³-hybridized carbons (Fsp3) is 0.444. The van der Waals surface area contributed by atoms with Gasteiger partial charge in [0.25, 0.3) is 0 Å². The Balaban J connectivity index is 2.62. The largest absolute Gasteiger partial charge is 0.467 e. The fourth-order valence-corrected chi connectivity index (χ4v) is 2.84. The van der Waals surface area contributed by atoms with Crippen LogP contribution in [-0.2, 0) is 6.54 Å². The SMILES string of the molecule is CCNCc1occc1-c1c(C)c(C)c(C)c(C)c1C. The summed E-state index contributed by atoms with van der Waals surface area (Å²) in [6.45, 7) is 14.9. The van der Waals surface area contributed by atoms with Gasteiger partial charge in [-0.2, -0.15) is 0 Å². The van der Waals surface area contributed by atoms with Gasteiger partial charge in [-0.25, -0.2) is 0 Å². The van der Waals surface area contributed by atoms with Crippen molar-refractivity contribution in [1.82, 2.24) is 5.32 Å². The van der Waals surface area contributed by atoms with Gasteiger partial charge in [-0.1, -0.05) is 6.92 Å². The number of nitrogens with one attached hydrogen (secondary N) is 1. The van der Waals surface area contributed by atoms with Crippen LogP contribution in [0, 0.1) is 34.6 Å².